The van der Waals surface area contributed by atoms with Crippen LogP contribution in [-0.4, -0.2) is 15.7 Å². The number of amides is 1. The summed E-state index contributed by atoms with van der Waals surface area (Å²) >= 11 is 18.5. The zero-order valence-corrected chi connectivity index (χ0v) is 19.0. The molecule has 0 aliphatic rings. The van der Waals surface area contributed by atoms with Gasteiger partial charge in [0.05, 0.1) is 11.6 Å². The third-order valence-corrected chi connectivity index (χ3v) is 5.71. The van der Waals surface area contributed by atoms with Crippen LogP contribution in [0.5, 0.6) is 5.75 Å². The fourth-order valence-corrected chi connectivity index (χ4v) is 3.62. The SMILES string of the molecule is O=C(Nc1nn(Cc2ccccc2)cc1Cl)c1cccc(COc2cccc(Cl)c2Cl)c1. The van der Waals surface area contributed by atoms with Gasteiger partial charge in [-0.15, -0.1) is 0 Å². The van der Waals surface area contributed by atoms with Gasteiger partial charge in [0, 0.05) is 11.8 Å². The zero-order valence-electron chi connectivity index (χ0n) is 16.8. The van der Waals surface area contributed by atoms with Crippen LogP contribution >= 0.6 is 34.8 Å². The second kappa shape index (κ2) is 10.1. The van der Waals surface area contributed by atoms with Crippen LogP contribution in [0, 0.1) is 0 Å². The van der Waals surface area contributed by atoms with E-state index in [0.717, 1.165) is 11.1 Å². The van der Waals surface area contributed by atoms with Crippen molar-refractivity contribution in [1.82, 2.24) is 9.78 Å². The smallest absolute Gasteiger partial charge is 0.256 e. The van der Waals surface area contributed by atoms with Crippen LogP contribution in [0.4, 0.5) is 5.82 Å². The fourth-order valence-electron chi connectivity index (χ4n) is 3.07. The van der Waals surface area contributed by atoms with E-state index in [0.29, 0.717) is 38.7 Å². The normalized spacial score (nSPS) is 10.7. The molecule has 0 aliphatic heterocycles. The summed E-state index contributed by atoms with van der Waals surface area (Å²) in [5, 5.41) is 8.29. The van der Waals surface area contributed by atoms with Crippen molar-refractivity contribution in [3.8, 4) is 5.75 Å². The number of nitrogens with zero attached hydrogens (tertiary/aromatic N) is 2. The molecule has 0 bridgehead atoms. The highest BCUT2D eigenvalue weighted by Crippen LogP contribution is 2.32. The molecular formula is C24H18Cl3N3O2. The van der Waals surface area contributed by atoms with E-state index >= 15 is 0 Å². The second-order valence-corrected chi connectivity index (χ2v) is 8.20. The zero-order chi connectivity index (χ0) is 22.5. The average Bonchev–Trinajstić information content (AvgIpc) is 3.14. The number of hydrogen-bond acceptors (Lipinski definition) is 3. The van der Waals surface area contributed by atoms with Gasteiger partial charge in [0.15, 0.2) is 5.82 Å². The molecular weight excluding hydrogens is 469 g/mol. The predicted molar refractivity (Wildman–Crippen MR) is 128 cm³/mol. The summed E-state index contributed by atoms with van der Waals surface area (Å²) in [6.45, 7) is 0.781. The molecule has 162 valence electrons. The quantitative estimate of drug-likeness (QED) is 0.315. The van der Waals surface area contributed by atoms with Gasteiger partial charge in [-0.05, 0) is 35.4 Å². The summed E-state index contributed by atoms with van der Waals surface area (Å²) in [6, 6.07) is 22.1. The Morgan fingerprint density at radius 2 is 1.66 bits per heavy atom. The first-order chi connectivity index (χ1) is 15.5. The first kappa shape index (κ1) is 22.2. The van der Waals surface area contributed by atoms with Crippen molar-refractivity contribution in [1.29, 1.82) is 0 Å². The number of ether oxygens (including phenoxy) is 1. The lowest BCUT2D eigenvalue weighted by Gasteiger charge is -2.10. The lowest BCUT2D eigenvalue weighted by molar-refractivity contribution is 0.102. The number of nitrogens with one attached hydrogen (secondary N) is 1. The highest BCUT2D eigenvalue weighted by Gasteiger charge is 2.13. The van der Waals surface area contributed by atoms with E-state index in [9.17, 15) is 4.79 Å². The summed E-state index contributed by atoms with van der Waals surface area (Å²) in [6.07, 6.45) is 1.68. The van der Waals surface area contributed by atoms with Gasteiger partial charge in [0.25, 0.3) is 5.91 Å². The van der Waals surface area contributed by atoms with Crippen molar-refractivity contribution in [3.63, 3.8) is 0 Å². The molecule has 1 heterocycles. The van der Waals surface area contributed by atoms with Crippen molar-refractivity contribution in [2.75, 3.05) is 5.32 Å². The van der Waals surface area contributed by atoms with E-state index in [-0.39, 0.29) is 12.5 Å². The van der Waals surface area contributed by atoms with Gasteiger partial charge in [-0.2, -0.15) is 5.10 Å². The summed E-state index contributed by atoms with van der Waals surface area (Å²) in [5.41, 5.74) is 2.34. The first-order valence-corrected chi connectivity index (χ1v) is 10.9. The van der Waals surface area contributed by atoms with Gasteiger partial charge in [0.2, 0.25) is 0 Å². The monoisotopic (exact) mass is 485 g/mol. The molecule has 0 saturated heterocycles. The number of carbonyl (C=O) groups is 1. The van der Waals surface area contributed by atoms with Gasteiger partial charge < -0.3 is 10.1 Å². The maximum Gasteiger partial charge on any atom is 0.256 e. The molecule has 0 radical (unpaired) electrons. The Balaban J connectivity index is 1.42. The Kier molecular flexibility index (Phi) is 7.00. The third-order valence-electron chi connectivity index (χ3n) is 4.64. The topological polar surface area (TPSA) is 56.2 Å². The minimum atomic E-state index is -0.320. The highest BCUT2D eigenvalue weighted by molar-refractivity contribution is 6.42. The van der Waals surface area contributed by atoms with E-state index in [1.807, 2.05) is 36.4 Å². The van der Waals surface area contributed by atoms with Crippen molar-refractivity contribution in [3.05, 3.63) is 111 Å². The van der Waals surface area contributed by atoms with E-state index in [2.05, 4.69) is 10.4 Å². The lowest BCUT2D eigenvalue weighted by Crippen LogP contribution is -2.13. The predicted octanol–water partition coefficient (Wildman–Crippen LogP) is 6.72. The molecule has 4 aromatic rings. The summed E-state index contributed by atoms with van der Waals surface area (Å²) < 4.78 is 7.44. The Morgan fingerprint density at radius 1 is 0.906 bits per heavy atom. The molecule has 1 amide bonds. The molecule has 1 N–H and O–H groups in total. The number of aromatic nitrogens is 2. The van der Waals surface area contributed by atoms with Gasteiger partial charge >= 0.3 is 0 Å². The standard InChI is InChI=1S/C24H18Cl3N3O2/c25-19-10-5-11-21(22(19)27)32-15-17-8-4-9-18(12-17)24(31)28-23-20(26)14-30(29-23)13-16-6-2-1-3-7-16/h1-12,14H,13,15H2,(H,28,29,31). The molecule has 0 saturated carbocycles. The van der Waals surface area contributed by atoms with Crippen molar-refractivity contribution >= 4 is 46.5 Å². The number of hydrogen-bond donors (Lipinski definition) is 1. The van der Waals surface area contributed by atoms with Crippen molar-refractivity contribution < 1.29 is 9.53 Å². The minimum absolute atomic E-state index is 0.230. The molecule has 0 aliphatic carbocycles. The molecule has 5 nitrogen and oxygen atoms in total. The summed E-state index contributed by atoms with van der Waals surface area (Å²) in [7, 11) is 0. The van der Waals surface area contributed by atoms with Crippen molar-refractivity contribution in [2.24, 2.45) is 0 Å². The second-order valence-electron chi connectivity index (χ2n) is 7.00. The molecule has 0 fully saturated rings. The molecule has 3 aromatic carbocycles. The largest absolute Gasteiger partial charge is 0.487 e. The molecule has 0 spiro atoms. The van der Waals surface area contributed by atoms with Gasteiger partial charge in [-0.1, -0.05) is 83.3 Å². The molecule has 8 heteroatoms. The molecule has 0 atom stereocenters. The Bertz CT molecular complexity index is 1240. The Hall–Kier alpha value is -2.99. The van der Waals surface area contributed by atoms with Gasteiger partial charge in [-0.3, -0.25) is 9.48 Å². The molecule has 4 rings (SSSR count). The number of carbonyl (C=O) groups excluding carboxylic acids is 1. The van der Waals surface area contributed by atoms with Crippen LogP contribution in [0.3, 0.4) is 0 Å². The molecule has 0 unspecified atom stereocenters. The number of rotatable bonds is 7. The fraction of sp³-hybridized carbons (Fsp3) is 0.0833. The minimum Gasteiger partial charge on any atom is -0.487 e. The maximum atomic E-state index is 12.8. The number of benzene rings is 3. The van der Waals surface area contributed by atoms with E-state index in [4.69, 9.17) is 39.5 Å². The van der Waals surface area contributed by atoms with Crippen LogP contribution < -0.4 is 10.1 Å². The van der Waals surface area contributed by atoms with Gasteiger partial charge in [0.1, 0.15) is 22.4 Å². The van der Waals surface area contributed by atoms with Crippen molar-refractivity contribution in [2.45, 2.75) is 13.2 Å². The van der Waals surface area contributed by atoms with E-state index < -0.39 is 0 Å². The van der Waals surface area contributed by atoms with Crippen LogP contribution in [0.15, 0.2) is 79.0 Å². The van der Waals surface area contributed by atoms with Crippen LogP contribution in [0.25, 0.3) is 0 Å². The first-order valence-electron chi connectivity index (χ1n) is 9.73. The van der Waals surface area contributed by atoms with E-state index in [1.54, 1.807) is 47.3 Å². The summed E-state index contributed by atoms with van der Waals surface area (Å²) in [4.78, 5) is 12.8. The van der Waals surface area contributed by atoms with Gasteiger partial charge in [-0.25, -0.2) is 0 Å². The number of halogens is 3. The maximum absolute atomic E-state index is 12.8. The molecule has 32 heavy (non-hydrogen) atoms. The lowest BCUT2D eigenvalue weighted by atomic mass is 10.1. The van der Waals surface area contributed by atoms with Crippen LogP contribution in [0.2, 0.25) is 15.1 Å². The van der Waals surface area contributed by atoms with Crippen LogP contribution in [-0.2, 0) is 13.2 Å². The Labute approximate surface area is 200 Å². The third kappa shape index (κ3) is 5.43. The highest BCUT2D eigenvalue weighted by atomic mass is 35.5. The van der Waals surface area contributed by atoms with E-state index in [1.165, 1.54) is 0 Å². The summed E-state index contributed by atoms with van der Waals surface area (Å²) in [5.74, 6) is 0.462. The Morgan fingerprint density at radius 3 is 2.47 bits per heavy atom. The average molecular weight is 487 g/mol. The van der Waals surface area contributed by atoms with Crippen LogP contribution in [0.1, 0.15) is 21.5 Å². The number of anilines is 1. The molecule has 1 aromatic heterocycles.